The van der Waals surface area contributed by atoms with E-state index in [1.54, 1.807) is 13.3 Å². The maximum atomic E-state index is 11.3. The minimum atomic E-state index is -0.785. The first-order chi connectivity index (χ1) is 16.2. The SMILES string of the molecule is COc1cc(N2CCC(Oc3ccc(N4C[C@H](C)C[C@@H]4CC(=O)O)c(Cl)c3)C(C)C2)c(Cl)cn1. The number of methoxy groups -OCH3 is 1. The van der Waals surface area contributed by atoms with Gasteiger partial charge in [0.2, 0.25) is 5.88 Å². The van der Waals surface area contributed by atoms with Crippen LogP contribution in [0.2, 0.25) is 10.0 Å². The minimum Gasteiger partial charge on any atom is -0.490 e. The average molecular weight is 508 g/mol. The number of aliphatic carboxylic acids is 1. The highest BCUT2D eigenvalue weighted by Crippen LogP contribution is 2.38. The van der Waals surface area contributed by atoms with Crippen LogP contribution in [0.4, 0.5) is 11.4 Å². The van der Waals surface area contributed by atoms with Crippen LogP contribution in [-0.4, -0.2) is 54.9 Å². The number of hydrogen-bond acceptors (Lipinski definition) is 6. The fraction of sp³-hybridized carbons (Fsp3) is 0.520. The molecule has 0 radical (unpaired) electrons. The van der Waals surface area contributed by atoms with Crippen molar-refractivity contribution in [2.45, 2.75) is 45.3 Å². The molecular formula is C25H31Cl2N3O4. The number of aromatic nitrogens is 1. The largest absolute Gasteiger partial charge is 0.490 e. The molecule has 2 aromatic rings. The molecule has 2 fully saturated rings. The predicted molar refractivity (Wildman–Crippen MR) is 135 cm³/mol. The second kappa shape index (κ2) is 10.5. The molecule has 2 saturated heterocycles. The molecule has 2 aliphatic rings. The van der Waals surface area contributed by atoms with Crippen molar-refractivity contribution in [1.29, 1.82) is 0 Å². The van der Waals surface area contributed by atoms with Gasteiger partial charge in [0, 0.05) is 50.1 Å². The van der Waals surface area contributed by atoms with Crippen molar-refractivity contribution in [1.82, 2.24) is 4.98 Å². The number of rotatable bonds is 7. The molecule has 0 saturated carbocycles. The van der Waals surface area contributed by atoms with Crippen molar-refractivity contribution in [3.8, 4) is 11.6 Å². The van der Waals surface area contributed by atoms with E-state index in [2.05, 4.69) is 28.6 Å². The highest BCUT2D eigenvalue weighted by Gasteiger charge is 2.33. The first-order valence-electron chi connectivity index (χ1n) is 11.6. The van der Waals surface area contributed by atoms with Crippen LogP contribution in [0, 0.1) is 11.8 Å². The number of hydrogen-bond donors (Lipinski definition) is 1. The molecular weight excluding hydrogens is 477 g/mol. The Hall–Kier alpha value is -2.38. The Morgan fingerprint density at radius 1 is 1.18 bits per heavy atom. The van der Waals surface area contributed by atoms with Gasteiger partial charge in [-0.15, -0.1) is 0 Å². The molecule has 4 atom stereocenters. The summed E-state index contributed by atoms with van der Waals surface area (Å²) >= 11 is 13.0. The Morgan fingerprint density at radius 3 is 2.65 bits per heavy atom. The third-order valence-corrected chi connectivity index (χ3v) is 7.33. The maximum absolute atomic E-state index is 11.3. The number of carbonyl (C=O) groups is 1. The molecule has 0 spiro atoms. The fourth-order valence-corrected chi connectivity index (χ4v) is 5.59. The number of carboxylic acid groups (broad SMARTS) is 1. The molecule has 0 aliphatic carbocycles. The van der Waals surface area contributed by atoms with Gasteiger partial charge in [0.1, 0.15) is 11.9 Å². The van der Waals surface area contributed by atoms with Crippen LogP contribution < -0.4 is 19.3 Å². The highest BCUT2D eigenvalue weighted by atomic mass is 35.5. The Bertz CT molecular complexity index is 1040. The zero-order chi connectivity index (χ0) is 24.4. The first kappa shape index (κ1) is 24.7. The van der Waals surface area contributed by atoms with Crippen LogP contribution in [-0.2, 0) is 4.79 Å². The van der Waals surface area contributed by atoms with Gasteiger partial charge in [-0.1, -0.05) is 37.0 Å². The zero-order valence-electron chi connectivity index (χ0n) is 19.7. The summed E-state index contributed by atoms with van der Waals surface area (Å²) < 4.78 is 11.6. The van der Waals surface area contributed by atoms with Gasteiger partial charge < -0.3 is 24.4 Å². The van der Waals surface area contributed by atoms with Gasteiger partial charge in [0.05, 0.1) is 41.1 Å². The molecule has 9 heteroatoms. The van der Waals surface area contributed by atoms with Crippen molar-refractivity contribution in [2.24, 2.45) is 11.8 Å². The van der Waals surface area contributed by atoms with Crippen LogP contribution in [0.15, 0.2) is 30.5 Å². The summed E-state index contributed by atoms with van der Waals surface area (Å²) in [5, 5.41) is 10.5. The van der Waals surface area contributed by atoms with Gasteiger partial charge in [-0.3, -0.25) is 4.79 Å². The van der Waals surface area contributed by atoms with Crippen molar-refractivity contribution in [3.63, 3.8) is 0 Å². The smallest absolute Gasteiger partial charge is 0.305 e. The summed E-state index contributed by atoms with van der Waals surface area (Å²) in [5.74, 6) is 1.17. The van der Waals surface area contributed by atoms with E-state index in [0.717, 1.165) is 49.6 Å². The number of pyridine rings is 1. The Morgan fingerprint density at radius 2 is 1.97 bits per heavy atom. The molecule has 3 heterocycles. The molecule has 184 valence electrons. The van der Waals surface area contributed by atoms with Crippen molar-refractivity contribution in [3.05, 3.63) is 40.5 Å². The molecule has 1 aromatic carbocycles. The summed E-state index contributed by atoms with van der Waals surface area (Å²) in [4.78, 5) is 19.8. The quantitative estimate of drug-likeness (QED) is 0.538. The third kappa shape index (κ3) is 5.47. The normalized spacial score (nSPS) is 24.9. The van der Waals surface area contributed by atoms with Gasteiger partial charge in [-0.2, -0.15) is 0 Å². The van der Waals surface area contributed by atoms with Gasteiger partial charge in [-0.25, -0.2) is 4.98 Å². The fourth-order valence-electron chi connectivity index (χ4n) is 5.09. The molecule has 2 aliphatic heterocycles. The Labute approximate surface area is 210 Å². The van der Waals surface area contributed by atoms with Crippen molar-refractivity contribution >= 4 is 40.5 Å². The molecule has 7 nitrogen and oxygen atoms in total. The topological polar surface area (TPSA) is 75.1 Å². The monoisotopic (exact) mass is 507 g/mol. The van der Waals surface area contributed by atoms with Crippen LogP contribution in [0.25, 0.3) is 0 Å². The number of anilines is 2. The van der Waals surface area contributed by atoms with Gasteiger partial charge >= 0.3 is 5.97 Å². The van der Waals surface area contributed by atoms with Gasteiger partial charge in [-0.05, 0) is 24.5 Å². The van der Waals surface area contributed by atoms with E-state index in [9.17, 15) is 9.90 Å². The number of halogens is 2. The molecule has 0 bridgehead atoms. The van der Waals surface area contributed by atoms with Crippen molar-refractivity contribution < 1.29 is 19.4 Å². The number of ether oxygens (including phenoxy) is 2. The van der Waals surface area contributed by atoms with Gasteiger partial charge in [0.25, 0.3) is 0 Å². The van der Waals surface area contributed by atoms with E-state index in [1.807, 2.05) is 24.3 Å². The number of nitrogens with zero attached hydrogens (tertiary/aromatic N) is 3. The zero-order valence-corrected chi connectivity index (χ0v) is 21.2. The highest BCUT2D eigenvalue weighted by molar-refractivity contribution is 6.33. The van der Waals surface area contributed by atoms with E-state index in [-0.39, 0.29) is 24.5 Å². The van der Waals surface area contributed by atoms with E-state index < -0.39 is 5.97 Å². The van der Waals surface area contributed by atoms with Gasteiger partial charge in [0.15, 0.2) is 0 Å². The van der Waals surface area contributed by atoms with Crippen LogP contribution >= 0.6 is 23.2 Å². The molecule has 1 N–H and O–H groups in total. The second-order valence-electron chi connectivity index (χ2n) is 9.40. The predicted octanol–water partition coefficient (Wildman–Crippen LogP) is 5.38. The minimum absolute atomic E-state index is 0.0419. The van der Waals surface area contributed by atoms with Crippen LogP contribution in [0.3, 0.4) is 0 Å². The van der Waals surface area contributed by atoms with E-state index in [4.69, 9.17) is 32.7 Å². The Balaban J connectivity index is 1.42. The third-order valence-electron chi connectivity index (χ3n) is 6.74. The van der Waals surface area contributed by atoms with E-state index >= 15 is 0 Å². The van der Waals surface area contributed by atoms with E-state index in [0.29, 0.717) is 21.8 Å². The summed E-state index contributed by atoms with van der Waals surface area (Å²) in [5.41, 5.74) is 1.79. The number of benzene rings is 1. The first-order valence-corrected chi connectivity index (χ1v) is 12.4. The number of carboxylic acids is 1. The molecule has 4 rings (SSSR count). The lowest BCUT2D eigenvalue weighted by Crippen LogP contribution is -2.44. The maximum Gasteiger partial charge on any atom is 0.305 e. The van der Waals surface area contributed by atoms with E-state index in [1.165, 1.54) is 0 Å². The lowest BCUT2D eigenvalue weighted by atomic mass is 9.96. The summed E-state index contributed by atoms with van der Waals surface area (Å²) in [6.07, 6.45) is 3.47. The molecule has 1 aromatic heterocycles. The molecule has 0 amide bonds. The lowest BCUT2D eigenvalue weighted by molar-refractivity contribution is -0.137. The van der Waals surface area contributed by atoms with Crippen LogP contribution in [0.1, 0.15) is 33.1 Å². The van der Waals surface area contributed by atoms with Crippen LogP contribution in [0.5, 0.6) is 11.6 Å². The summed E-state index contributed by atoms with van der Waals surface area (Å²) in [7, 11) is 1.59. The average Bonchev–Trinajstić information content (AvgIpc) is 3.14. The molecule has 2 unspecified atom stereocenters. The lowest BCUT2D eigenvalue weighted by Gasteiger charge is -2.38. The second-order valence-corrected chi connectivity index (χ2v) is 10.2. The molecule has 34 heavy (non-hydrogen) atoms. The number of piperidine rings is 1. The Kier molecular flexibility index (Phi) is 7.63. The van der Waals surface area contributed by atoms with Crippen molar-refractivity contribution in [2.75, 3.05) is 36.5 Å². The summed E-state index contributed by atoms with van der Waals surface area (Å²) in [6.45, 7) is 6.71. The standard InChI is InChI=1S/C25H31Cl2N3O4/c1-15-8-17(9-25(31)32)30(13-15)21-5-4-18(10-19(21)26)34-23-6-7-29(14-16(23)2)22-11-24(33-3)28-12-20(22)27/h4-5,10-12,15-17,23H,6-9,13-14H2,1-3H3,(H,31,32)/t15-,16?,17-,23?/m1/s1. The summed E-state index contributed by atoms with van der Waals surface area (Å²) in [6, 6.07) is 7.56.